The highest BCUT2D eigenvalue weighted by molar-refractivity contribution is 6.39. The van der Waals surface area contributed by atoms with Crippen molar-refractivity contribution in [1.82, 2.24) is 4.90 Å². The number of ether oxygens (including phenoxy) is 5. The smallest absolute Gasteiger partial charge is 0.329 e. The van der Waals surface area contributed by atoms with Crippen LogP contribution in [-0.2, 0) is 42.9 Å². The van der Waals surface area contributed by atoms with Gasteiger partial charge < -0.3 is 43.9 Å². The number of methoxy groups -OCH3 is 3. The molecular formula is C44H69NO12. The van der Waals surface area contributed by atoms with E-state index in [0.717, 1.165) is 5.57 Å². The summed E-state index contributed by atoms with van der Waals surface area (Å²) in [6.45, 7) is 13.1. The summed E-state index contributed by atoms with van der Waals surface area (Å²) in [4.78, 5) is 57.8. The van der Waals surface area contributed by atoms with E-state index in [2.05, 4.69) is 6.58 Å². The number of piperidine rings is 1. The number of allylic oxidation sites excluding steroid dienone is 4. The molecule has 1 aliphatic carbocycles. The van der Waals surface area contributed by atoms with Crippen LogP contribution in [-0.4, -0.2) is 126 Å². The van der Waals surface area contributed by atoms with Crippen molar-refractivity contribution in [2.75, 3.05) is 27.9 Å². The van der Waals surface area contributed by atoms with E-state index in [1.807, 2.05) is 32.9 Å². The van der Waals surface area contributed by atoms with Crippen LogP contribution in [0.25, 0.3) is 0 Å². The average Bonchev–Trinajstić information content (AvgIpc) is 3.18. The van der Waals surface area contributed by atoms with Crippen molar-refractivity contribution in [2.45, 2.75) is 160 Å². The van der Waals surface area contributed by atoms with Gasteiger partial charge in [-0.15, -0.1) is 6.58 Å². The second-order valence-electron chi connectivity index (χ2n) is 17.3. The molecule has 13 nitrogen and oxygen atoms in total. The summed E-state index contributed by atoms with van der Waals surface area (Å²) in [7, 11) is 4.61. The predicted octanol–water partition coefficient (Wildman–Crippen LogP) is 4.64. The van der Waals surface area contributed by atoms with E-state index in [0.29, 0.717) is 56.9 Å². The summed E-state index contributed by atoms with van der Waals surface area (Å²) < 4.78 is 29.7. The quantitative estimate of drug-likeness (QED) is 0.185. The summed E-state index contributed by atoms with van der Waals surface area (Å²) in [6.07, 6.45) is 4.93. The molecule has 4 aliphatic rings. The van der Waals surface area contributed by atoms with Gasteiger partial charge in [-0.3, -0.25) is 14.4 Å². The number of esters is 1. The van der Waals surface area contributed by atoms with Crippen LogP contribution < -0.4 is 0 Å². The number of hydrogen-bond acceptors (Lipinski definition) is 12. The Morgan fingerprint density at radius 2 is 1.60 bits per heavy atom. The van der Waals surface area contributed by atoms with E-state index in [1.54, 1.807) is 27.0 Å². The number of cyclic esters (lactones) is 1. The van der Waals surface area contributed by atoms with E-state index in [9.17, 15) is 34.5 Å². The minimum Gasteiger partial charge on any atom is -0.456 e. The third-order valence-corrected chi connectivity index (χ3v) is 12.9. The van der Waals surface area contributed by atoms with Gasteiger partial charge in [-0.1, -0.05) is 44.6 Å². The topological polar surface area (TPSA) is 178 Å². The Morgan fingerprint density at radius 1 is 0.930 bits per heavy atom. The molecule has 57 heavy (non-hydrogen) atoms. The van der Waals surface area contributed by atoms with E-state index in [4.69, 9.17) is 23.7 Å². The maximum atomic E-state index is 14.3. The zero-order chi connectivity index (χ0) is 42.2. The molecule has 0 aromatic rings. The zero-order valence-electron chi connectivity index (χ0n) is 35.4. The highest BCUT2D eigenvalue weighted by Crippen LogP contribution is 2.39. The Balaban J connectivity index is 1.78. The highest BCUT2D eigenvalue weighted by atomic mass is 16.7. The van der Waals surface area contributed by atoms with E-state index >= 15 is 0 Å². The van der Waals surface area contributed by atoms with Crippen molar-refractivity contribution in [3.63, 3.8) is 0 Å². The molecule has 322 valence electrons. The first-order valence-corrected chi connectivity index (χ1v) is 20.9. The SMILES string of the molecule is C=CC[C@@H]1C=C(C)C[C@H](C)C[C@H](OC)[C@H]2O[C@@](O)(C(=O)C(=O)N3CCCC[C@H]3C(=O)O[C@H](C(C)=C[C@@H]3CC[C@H](O)[C@H](OC)C3)[C@@H](C)[C@@H](O)CC1=O)[C@@H](C)C[C@@H]2OC. The Kier molecular flexibility index (Phi) is 17.2. The van der Waals surface area contributed by atoms with Crippen molar-refractivity contribution >= 4 is 23.4 Å². The van der Waals surface area contributed by atoms with Crippen LogP contribution in [0.4, 0.5) is 0 Å². The first kappa shape index (κ1) is 46.9. The largest absolute Gasteiger partial charge is 0.456 e. The Labute approximate surface area is 339 Å². The lowest BCUT2D eigenvalue weighted by molar-refractivity contribution is -0.302. The van der Waals surface area contributed by atoms with Gasteiger partial charge in [0.25, 0.3) is 11.7 Å². The third-order valence-electron chi connectivity index (χ3n) is 12.9. The van der Waals surface area contributed by atoms with Crippen LogP contribution in [0.3, 0.4) is 0 Å². The van der Waals surface area contributed by atoms with Crippen LogP contribution in [0, 0.1) is 29.6 Å². The average molecular weight is 804 g/mol. The lowest BCUT2D eigenvalue weighted by Crippen LogP contribution is -2.64. The predicted molar refractivity (Wildman–Crippen MR) is 213 cm³/mol. The Hall–Kier alpha value is -2.78. The third kappa shape index (κ3) is 11.3. The van der Waals surface area contributed by atoms with Gasteiger partial charge in [-0.05, 0) is 95.5 Å². The van der Waals surface area contributed by atoms with E-state index in [1.165, 1.54) is 19.1 Å². The fraction of sp³-hybridized carbons (Fsp3) is 0.773. The van der Waals surface area contributed by atoms with Crippen molar-refractivity contribution in [1.29, 1.82) is 0 Å². The second kappa shape index (κ2) is 21.0. The number of amides is 1. The van der Waals surface area contributed by atoms with Crippen molar-refractivity contribution in [2.24, 2.45) is 29.6 Å². The van der Waals surface area contributed by atoms with Crippen molar-refractivity contribution in [3.05, 3.63) is 36.0 Å². The number of rotatable bonds is 7. The molecule has 3 fully saturated rings. The number of carbonyl (C=O) groups excluding carboxylic acids is 4. The second-order valence-corrected chi connectivity index (χ2v) is 17.3. The van der Waals surface area contributed by atoms with Gasteiger partial charge in [-0.25, -0.2) is 4.79 Å². The number of fused-ring (bicyclic) bond motifs is 3. The number of aliphatic hydroxyl groups excluding tert-OH is 2. The number of hydrogen-bond donors (Lipinski definition) is 3. The summed E-state index contributed by atoms with van der Waals surface area (Å²) in [6, 6.07) is -1.14. The molecule has 3 N–H and O–H groups in total. The molecule has 0 aromatic carbocycles. The zero-order valence-corrected chi connectivity index (χ0v) is 35.4. The minimum atomic E-state index is -2.51. The maximum Gasteiger partial charge on any atom is 0.329 e. The molecule has 3 aliphatic heterocycles. The van der Waals surface area contributed by atoms with Crippen LogP contribution in [0.15, 0.2) is 36.0 Å². The Morgan fingerprint density at radius 3 is 2.25 bits per heavy atom. The van der Waals surface area contributed by atoms with Gasteiger partial charge in [0, 0.05) is 52.0 Å². The van der Waals surface area contributed by atoms with Gasteiger partial charge in [-0.2, -0.15) is 0 Å². The molecule has 1 saturated carbocycles. The summed E-state index contributed by atoms with van der Waals surface area (Å²) >= 11 is 0. The first-order chi connectivity index (χ1) is 27.0. The number of Topliss-reactive ketones (excluding diaryl/α,β-unsaturated/α-hetero) is 2. The number of ketones is 2. The summed E-state index contributed by atoms with van der Waals surface area (Å²) in [5.41, 5.74) is 1.61. The normalized spacial score (nSPS) is 40.1. The molecular weight excluding hydrogens is 734 g/mol. The number of carbonyl (C=O) groups is 4. The van der Waals surface area contributed by atoms with Gasteiger partial charge >= 0.3 is 5.97 Å². The van der Waals surface area contributed by atoms with Crippen LogP contribution in [0.1, 0.15) is 105 Å². The minimum absolute atomic E-state index is 0.00988. The molecule has 0 radical (unpaired) electrons. The molecule has 2 saturated heterocycles. The molecule has 4 rings (SSSR count). The summed E-state index contributed by atoms with van der Waals surface area (Å²) in [5, 5.41) is 34.1. The van der Waals surface area contributed by atoms with Gasteiger partial charge in [0.15, 0.2) is 0 Å². The summed E-state index contributed by atoms with van der Waals surface area (Å²) in [5.74, 6) is -7.76. The first-order valence-electron chi connectivity index (χ1n) is 20.9. The molecule has 2 bridgehead atoms. The van der Waals surface area contributed by atoms with Crippen molar-refractivity contribution < 1.29 is 58.2 Å². The number of aliphatic hydroxyl groups is 3. The molecule has 0 unspecified atom stereocenters. The maximum absolute atomic E-state index is 14.3. The van der Waals surface area contributed by atoms with Gasteiger partial charge in [0.1, 0.15) is 24.0 Å². The lowest BCUT2D eigenvalue weighted by Gasteiger charge is -2.47. The van der Waals surface area contributed by atoms with E-state index in [-0.39, 0.29) is 49.5 Å². The monoisotopic (exact) mass is 803 g/mol. The van der Waals surface area contributed by atoms with Crippen LogP contribution in [0.5, 0.6) is 0 Å². The molecule has 3 heterocycles. The van der Waals surface area contributed by atoms with Crippen LogP contribution >= 0.6 is 0 Å². The molecule has 14 atom stereocenters. The highest BCUT2D eigenvalue weighted by Gasteiger charge is 2.56. The van der Waals surface area contributed by atoms with Crippen LogP contribution in [0.2, 0.25) is 0 Å². The fourth-order valence-corrected chi connectivity index (χ4v) is 9.42. The number of nitrogens with zero attached hydrogens (tertiary/aromatic N) is 1. The lowest BCUT2D eigenvalue weighted by atomic mass is 9.81. The molecule has 0 spiro atoms. The molecule has 0 aromatic heterocycles. The van der Waals surface area contributed by atoms with Crippen molar-refractivity contribution in [3.8, 4) is 0 Å². The van der Waals surface area contributed by atoms with Gasteiger partial charge in [0.2, 0.25) is 5.79 Å². The Bertz CT molecular complexity index is 1480. The van der Waals surface area contributed by atoms with E-state index < -0.39 is 83.9 Å². The van der Waals surface area contributed by atoms with Gasteiger partial charge in [0.05, 0.1) is 30.5 Å². The standard InChI is InChI=1S/C44H69NO12/c1-10-13-31-19-25(2)18-26(3)20-37(54-8)40-38(55-9)22-28(5)44(52,57-40)41(49)42(50)45-17-12-11-14-32(45)43(51)56-39(29(6)34(47)24-35(31)48)27(4)21-30-15-16-33(46)36(23-30)53-7/h10,19,21,26,28-34,36-40,46-47,52H,1,11-18,20,22-24H2,2-9H3/t26-,28-,29-,30-,31+,32-,33-,34-,36+,37-,38-,39+,40+,44+/m0/s1. The molecule has 1 amide bonds. The molecule has 13 heteroatoms. The fourth-order valence-electron chi connectivity index (χ4n) is 9.42.